The second-order valence-electron chi connectivity index (χ2n) is 5.30. The summed E-state index contributed by atoms with van der Waals surface area (Å²) in [6, 6.07) is 15.1. The quantitative estimate of drug-likeness (QED) is 0.809. The topological polar surface area (TPSA) is 56.8 Å². The summed E-state index contributed by atoms with van der Waals surface area (Å²) in [5.74, 6) is 1.82. The molecule has 0 aliphatic carbocycles. The van der Waals surface area contributed by atoms with Gasteiger partial charge in [0.25, 0.3) is 5.91 Å². The van der Waals surface area contributed by atoms with E-state index in [1.807, 2.05) is 36.4 Å². The molecule has 0 unspecified atom stereocenters. The van der Waals surface area contributed by atoms with Gasteiger partial charge in [-0.25, -0.2) is 0 Å². The standard InChI is InChI=1S/C19H23NO4/c1-14(24-18-7-5-4-6-17(18)23-3)19(21)20-13-12-15-8-10-16(22-2)11-9-15/h4-11,14H,12-13H2,1-3H3,(H,20,21)/t14-/m1/s1. The van der Waals surface area contributed by atoms with Gasteiger partial charge in [0.2, 0.25) is 0 Å². The first kappa shape index (κ1) is 17.7. The summed E-state index contributed by atoms with van der Waals surface area (Å²) in [6.07, 6.45) is 0.147. The lowest BCUT2D eigenvalue weighted by Gasteiger charge is -2.16. The summed E-state index contributed by atoms with van der Waals surface area (Å²) in [5.41, 5.74) is 1.13. The lowest BCUT2D eigenvalue weighted by atomic mass is 10.1. The number of amides is 1. The smallest absolute Gasteiger partial charge is 0.260 e. The van der Waals surface area contributed by atoms with E-state index in [-0.39, 0.29) is 5.91 Å². The van der Waals surface area contributed by atoms with Crippen LogP contribution in [0.2, 0.25) is 0 Å². The number of hydrogen-bond donors (Lipinski definition) is 1. The Bertz CT molecular complexity index is 655. The van der Waals surface area contributed by atoms with Gasteiger partial charge in [0.15, 0.2) is 17.6 Å². The predicted octanol–water partition coefficient (Wildman–Crippen LogP) is 2.83. The molecule has 2 rings (SSSR count). The Morgan fingerprint density at radius 2 is 1.67 bits per heavy atom. The van der Waals surface area contributed by atoms with Crippen molar-refractivity contribution in [1.82, 2.24) is 5.32 Å². The average Bonchev–Trinajstić information content (AvgIpc) is 2.62. The summed E-state index contributed by atoms with van der Waals surface area (Å²) >= 11 is 0. The number of para-hydroxylation sites is 2. The van der Waals surface area contributed by atoms with Crippen LogP contribution in [0.15, 0.2) is 48.5 Å². The van der Waals surface area contributed by atoms with E-state index < -0.39 is 6.10 Å². The minimum Gasteiger partial charge on any atom is -0.497 e. The summed E-state index contributed by atoms with van der Waals surface area (Å²) in [7, 11) is 3.21. The third kappa shape index (κ3) is 4.91. The molecule has 0 heterocycles. The Hall–Kier alpha value is -2.69. The SMILES string of the molecule is COc1ccc(CCNC(=O)[C@@H](C)Oc2ccccc2OC)cc1. The molecule has 2 aromatic rings. The Morgan fingerprint density at radius 3 is 2.29 bits per heavy atom. The number of carbonyl (C=O) groups excluding carboxylic acids is 1. The maximum atomic E-state index is 12.1. The van der Waals surface area contributed by atoms with E-state index in [0.29, 0.717) is 18.0 Å². The van der Waals surface area contributed by atoms with Crippen molar-refractivity contribution < 1.29 is 19.0 Å². The predicted molar refractivity (Wildman–Crippen MR) is 92.8 cm³/mol. The van der Waals surface area contributed by atoms with Crippen LogP contribution in [0.25, 0.3) is 0 Å². The zero-order valence-corrected chi connectivity index (χ0v) is 14.2. The van der Waals surface area contributed by atoms with Crippen molar-refractivity contribution in [2.75, 3.05) is 20.8 Å². The van der Waals surface area contributed by atoms with Gasteiger partial charge in [0.05, 0.1) is 14.2 Å². The lowest BCUT2D eigenvalue weighted by molar-refractivity contribution is -0.127. The lowest BCUT2D eigenvalue weighted by Crippen LogP contribution is -2.37. The molecule has 0 aliphatic rings. The number of rotatable bonds is 8. The minimum absolute atomic E-state index is 0.158. The fourth-order valence-electron chi connectivity index (χ4n) is 2.23. The molecule has 1 N–H and O–H groups in total. The number of ether oxygens (including phenoxy) is 3. The van der Waals surface area contributed by atoms with Crippen LogP contribution in [-0.4, -0.2) is 32.8 Å². The van der Waals surface area contributed by atoms with E-state index in [1.165, 1.54) is 0 Å². The summed E-state index contributed by atoms with van der Waals surface area (Å²) < 4.78 is 16.0. The first-order valence-electron chi connectivity index (χ1n) is 7.84. The van der Waals surface area contributed by atoms with Gasteiger partial charge in [-0.2, -0.15) is 0 Å². The van der Waals surface area contributed by atoms with Gasteiger partial charge < -0.3 is 19.5 Å². The highest BCUT2D eigenvalue weighted by atomic mass is 16.5. The van der Waals surface area contributed by atoms with E-state index in [9.17, 15) is 4.79 Å². The molecule has 0 aliphatic heterocycles. The molecule has 2 aromatic carbocycles. The largest absolute Gasteiger partial charge is 0.497 e. The second kappa shape index (κ2) is 8.82. The molecule has 128 valence electrons. The number of hydrogen-bond acceptors (Lipinski definition) is 4. The third-order valence-corrected chi connectivity index (χ3v) is 3.61. The molecular weight excluding hydrogens is 306 g/mol. The molecule has 0 radical (unpaired) electrons. The van der Waals surface area contributed by atoms with Gasteiger partial charge >= 0.3 is 0 Å². The number of nitrogens with one attached hydrogen (secondary N) is 1. The fraction of sp³-hybridized carbons (Fsp3) is 0.316. The molecule has 1 atom stereocenters. The first-order chi connectivity index (χ1) is 11.6. The Balaban J connectivity index is 1.80. The first-order valence-corrected chi connectivity index (χ1v) is 7.84. The third-order valence-electron chi connectivity index (χ3n) is 3.61. The molecule has 0 bridgehead atoms. The van der Waals surface area contributed by atoms with Crippen molar-refractivity contribution in [1.29, 1.82) is 0 Å². The van der Waals surface area contributed by atoms with E-state index in [4.69, 9.17) is 14.2 Å². The molecule has 0 saturated carbocycles. The Kier molecular flexibility index (Phi) is 6.49. The molecule has 5 heteroatoms. The highest BCUT2D eigenvalue weighted by Gasteiger charge is 2.16. The van der Waals surface area contributed by atoms with Crippen LogP contribution in [0.4, 0.5) is 0 Å². The maximum Gasteiger partial charge on any atom is 0.260 e. The zero-order chi connectivity index (χ0) is 17.4. The molecule has 0 aromatic heterocycles. The molecule has 24 heavy (non-hydrogen) atoms. The molecule has 0 fully saturated rings. The van der Waals surface area contributed by atoms with Gasteiger partial charge in [0.1, 0.15) is 5.75 Å². The fourth-order valence-corrected chi connectivity index (χ4v) is 2.23. The number of methoxy groups -OCH3 is 2. The van der Waals surface area contributed by atoms with Gasteiger partial charge in [-0.1, -0.05) is 24.3 Å². The van der Waals surface area contributed by atoms with Crippen molar-refractivity contribution in [2.24, 2.45) is 0 Å². The van der Waals surface area contributed by atoms with Crippen LogP contribution in [0, 0.1) is 0 Å². The summed E-state index contributed by atoms with van der Waals surface area (Å²) in [4.78, 5) is 12.1. The number of carbonyl (C=O) groups is 1. The van der Waals surface area contributed by atoms with Crippen molar-refractivity contribution >= 4 is 5.91 Å². The van der Waals surface area contributed by atoms with Crippen molar-refractivity contribution in [3.05, 3.63) is 54.1 Å². The molecule has 5 nitrogen and oxygen atoms in total. The summed E-state index contributed by atoms with van der Waals surface area (Å²) in [5, 5.41) is 2.88. The van der Waals surface area contributed by atoms with Crippen LogP contribution in [0.1, 0.15) is 12.5 Å². The second-order valence-corrected chi connectivity index (χ2v) is 5.30. The molecule has 0 saturated heterocycles. The van der Waals surface area contributed by atoms with Crippen LogP contribution < -0.4 is 19.5 Å². The van der Waals surface area contributed by atoms with Gasteiger partial charge in [0, 0.05) is 6.54 Å². The van der Waals surface area contributed by atoms with Gasteiger partial charge in [-0.15, -0.1) is 0 Å². The van der Waals surface area contributed by atoms with Crippen molar-refractivity contribution in [3.63, 3.8) is 0 Å². The van der Waals surface area contributed by atoms with E-state index in [2.05, 4.69) is 5.32 Å². The molecule has 0 spiro atoms. The van der Waals surface area contributed by atoms with Crippen LogP contribution >= 0.6 is 0 Å². The van der Waals surface area contributed by atoms with Gasteiger partial charge in [-0.05, 0) is 43.2 Å². The highest BCUT2D eigenvalue weighted by molar-refractivity contribution is 5.80. The monoisotopic (exact) mass is 329 g/mol. The van der Waals surface area contributed by atoms with Crippen LogP contribution in [0.3, 0.4) is 0 Å². The maximum absolute atomic E-state index is 12.1. The average molecular weight is 329 g/mol. The number of benzene rings is 2. The Morgan fingerprint density at radius 1 is 1.00 bits per heavy atom. The van der Waals surface area contributed by atoms with Crippen molar-refractivity contribution in [3.8, 4) is 17.2 Å². The highest BCUT2D eigenvalue weighted by Crippen LogP contribution is 2.26. The minimum atomic E-state index is -0.600. The van der Waals surface area contributed by atoms with Gasteiger partial charge in [-0.3, -0.25) is 4.79 Å². The Labute approximate surface area is 142 Å². The van der Waals surface area contributed by atoms with Crippen LogP contribution in [-0.2, 0) is 11.2 Å². The zero-order valence-electron chi connectivity index (χ0n) is 14.2. The normalized spacial score (nSPS) is 11.5. The molecular formula is C19H23NO4. The summed E-state index contributed by atoms with van der Waals surface area (Å²) in [6.45, 7) is 2.26. The van der Waals surface area contributed by atoms with E-state index in [0.717, 1.165) is 17.7 Å². The van der Waals surface area contributed by atoms with Crippen LogP contribution in [0.5, 0.6) is 17.2 Å². The van der Waals surface area contributed by atoms with E-state index >= 15 is 0 Å². The van der Waals surface area contributed by atoms with E-state index in [1.54, 1.807) is 33.3 Å². The molecule has 1 amide bonds. The van der Waals surface area contributed by atoms with Crippen molar-refractivity contribution in [2.45, 2.75) is 19.4 Å².